The second kappa shape index (κ2) is 3.59. The van der Waals surface area contributed by atoms with E-state index in [4.69, 9.17) is 5.73 Å². The molecule has 4 bridgehead atoms. The molecule has 0 aromatic heterocycles. The highest BCUT2D eigenvalue weighted by atomic mass is 35.5. The maximum atomic E-state index is 12.6. The zero-order chi connectivity index (χ0) is 9.81. The van der Waals surface area contributed by atoms with Crippen LogP contribution in [0.5, 0.6) is 0 Å². The Morgan fingerprint density at radius 2 is 1.73 bits per heavy atom. The Hall–Kier alpha value is 0.180. The summed E-state index contributed by atoms with van der Waals surface area (Å²) in [6.07, 6.45) is 8.25. The zero-order valence-electron chi connectivity index (χ0n) is 9.18. The third-order valence-corrected chi connectivity index (χ3v) is 4.85. The Kier molecular flexibility index (Phi) is 2.79. The molecule has 0 spiro atoms. The summed E-state index contributed by atoms with van der Waals surface area (Å²) in [5.74, 6) is 1.65. The second-order valence-electron chi connectivity index (χ2n) is 6.26. The van der Waals surface area contributed by atoms with Crippen LogP contribution in [0.25, 0.3) is 0 Å². The first-order valence-electron chi connectivity index (χ1n) is 5.98. The van der Waals surface area contributed by atoms with Crippen LogP contribution in [0.4, 0.5) is 4.39 Å². The predicted octanol–water partition coefficient (Wildman–Crippen LogP) is 3.07. The Balaban J connectivity index is 0.000000853. The number of hydrogen-bond donors (Lipinski definition) is 1. The number of alkyl halides is 1. The van der Waals surface area contributed by atoms with Crippen LogP contribution in [0.1, 0.15) is 44.9 Å². The van der Waals surface area contributed by atoms with Crippen molar-refractivity contribution in [1.82, 2.24) is 0 Å². The molecule has 0 saturated heterocycles. The molecule has 0 aliphatic heterocycles. The molecule has 0 aromatic rings. The van der Waals surface area contributed by atoms with Gasteiger partial charge in [0.05, 0.1) is 6.67 Å². The van der Waals surface area contributed by atoms with Gasteiger partial charge in [0.15, 0.2) is 0 Å². The van der Waals surface area contributed by atoms with E-state index in [2.05, 4.69) is 0 Å². The van der Waals surface area contributed by atoms with E-state index >= 15 is 0 Å². The molecule has 4 fully saturated rings. The van der Waals surface area contributed by atoms with Crippen molar-refractivity contribution >= 4 is 12.4 Å². The van der Waals surface area contributed by atoms with Gasteiger partial charge in [0, 0.05) is 5.54 Å². The molecule has 0 aromatic carbocycles. The lowest BCUT2D eigenvalue weighted by molar-refractivity contribution is -0.0733. The first kappa shape index (κ1) is 11.7. The molecule has 2 N–H and O–H groups in total. The fourth-order valence-corrected chi connectivity index (χ4v) is 5.02. The highest BCUT2D eigenvalue weighted by molar-refractivity contribution is 5.85. The topological polar surface area (TPSA) is 26.0 Å². The van der Waals surface area contributed by atoms with Gasteiger partial charge in [-0.05, 0) is 62.2 Å². The van der Waals surface area contributed by atoms with Gasteiger partial charge in [-0.25, -0.2) is 0 Å². The SMILES string of the molecule is Cl.NC12C[C@H]3C[C@@H](C1)CC(CCF)(C3)C2. The number of hydrogen-bond acceptors (Lipinski definition) is 1. The van der Waals surface area contributed by atoms with E-state index in [-0.39, 0.29) is 24.6 Å². The molecule has 0 amide bonds. The maximum Gasteiger partial charge on any atom is 0.0899 e. The van der Waals surface area contributed by atoms with Gasteiger partial charge in [0.1, 0.15) is 0 Å². The molecule has 4 saturated carbocycles. The van der Waals surface area contributed by atoms with Crippen molar-refractivity contribution in [3.63, 3.8) is 0 Å². The zero-order valence-corrected chi connectivity index (χ0v) is 9.99. The van der Waals surface area contributed by atoms with E-state index in [0.29, 0.717) is 5.41 Å². The minimum absolute atomic E-state index is 0. The summed E-state index contributed by atoms with van der Waals surface area (Å²) in [5, 5.41) is 0. The van der Waals surface area contributed by atoms with Crippen LogP contribution in [0.15, 0.2) is 0 Å². The molecule has 88 valence electrons. The summed E-state index contributed by atoms with van der Waals surface area (Å²) < 4.78 is 12.6. The Bertz CT molecular complexity index is 242. The Labute approximate surface area is 97.4 Å². The summed E-state index contributed by atoms with van der Waals surface area (Å²) in [4.78, 5) is 0. The van der Waals surface area contributed by atoms with Gasteiger partial charge in [-0.15, -0.1) is 12.4 Å². The Morgan fingerprint density at radius 3 is 2.20 bits per heavy atom. The van der Waals surface area contributed by atoms with Gasteiger partial charge in [-0.3, -0.25) is 4.39 Å². The van der Waals surface area contributed by atoms with Crippen LogP contribution in [-0.4, -0.2) is 12.2 Å². The minimum atomic E-state index is -0.143. The van der Waals surface area contributed by atoms with Gasteiger partial charge >= 0.3 is 0 Å². The lowest BCUT2D eigenvalue weighted by atomic mass is 9.46. The smallest absolute Gasteiger partial charge is 0.0899 e. The van der Waals surface area contributed by atoms with Crippen molar-refractivity contribution in [3.05, 3.63) is 0 Å². The van der Waals surface area contributed by atoms with Crippen molar-refractivity contribution in [2.45, 2.75) is 50.5 Å². The Morgan fingerprint density at radius 1 is 1.13 bits per heavy atom. The van der Waals surface area contributed by atoms with Crippen LogP contribution in [0.2, 0.25) is 0 Å². The third-order valence-electron chi connectivity index (χ3n) is 4.85. The number of halogens is 2. The lowest BCUT2D eigenvalue weighted by Crippen LogP contribution is -2.60. The monoisotopic (exact) mass is 233 g/mol. The molecule has 4 rings (SSSR count). The molecule has 3 heteroatoms. The van der Waals surface area contributed by atoms with E-state index in [1.54, 1.807) is 0 Å². The van der Waals surface area contributed by atoms with E-state index < -0.39 is 0 Å². The fourth-order valence-electron chi connectivity index (χ4n) is 5.02. The second-order valence-corrected chi connectivity index (χ2v) is 6.26. The highest BCUT2D eigenvalue weighted by Crippen LogP contribution is 2.61. The van der Waals surface area contributed by atoms with Gasteiger partial charge in [0.25, 0.3) is 0 Å². The van der Waals surface area contributed by atoms with Crippen LogP contribution in [0, 0.1) is 17.3 Å². The van der Waals surface area contributed by atoms with Crippen LogP contribution >= 0.6 is 12.4 Å². The van der Waals surface area contributed by atoms with Gasteiger partial charge in [-0.1, -0.05) is 0 Å². The summed E-state index contributed by atoms with van der Waals surface area (Å²) in [7, 11) is 0. The molecule has 15 heavy (non-hydrogen) atoms. The molecule has 4 aliphatic carbocycles. The fraction of sp³-hybridized carbons (Fsp3) is 1.00. The first-order chi connectivity index (χ1) is 6.63. The third kappa shape index (κ3) is 1.80. The summed E-state index contributed by atoms with van der Waals surface area (Å²) in [6.45, 7) is -0.143. The van der Waals surface area contributed by atoms with Crippen LogP contribution < -0.4 is 5.73 Å². The van der Waals surface area contributed by atoms with Crippen molar-refractivity contribution in [2.75, 3.05) is 6.67 Å². The number of nitrogens with two attached hydrogens (primary N) is 1. The average Bonchev–Trinajstić information content (AvgIpc) is 1.97. The largest absolute Gasteiger partial charge is 0.325 e. The molecule has 0 heterocycles. The molecular weight excluding hydrogens is 213 g/mol. The van der Waals surface area contributed by atoms with E-state index in [1.165, 1.54) is 32.1 Å². The summed E-state index contributed by atoms with van der Waals surface area (Å²) in [5.41, 5.74) is 6.82. The maximum absolute atomic E-state index is 12.6. The van der Waals surface area contributed by atoms with Gasteiger partial charge < -0.3 is 5.73 Å². The summed E-state index contributed by atoms with van der Waals surface area (Å²) in [6, 6.07) is 0. The normalized spacial score (nSPS) is 51.6. The van der Waals surface area contributed by atoms with Crippen molar-refractivity contribution in [1.29, 1.82) is 0 Å². The average molecular weight is 234 g/mol. The first-order valence-corrected chi connectivity index (χ1v) is 5.98. The predicted molar refractivity (Wildman–Crippen MR) is 61.9 cm³/mol. The van der Waals surface area contributed by atoms with Crippen LogP contribution in [0.3, 0.4) is 0 Å². The van der Waals surface area contributed by atoms with Gasteiger partial charge in [0.2, 0.25) is 0 Å². The molecule has 1 nitrogen and oxygen atoms in total. The lowest BCUT2D eigenvalue weighted by Gasteiger charge is -2.61. The quantitative estimate of drug-likeness (QED) is 0.780. The molecule has 2 unspecified atom stereocenters. The van der Waals surface area contributed by atoms with E-state index in [1.807, 2.05) is 0 Å². The molecule has 0 radical (unpaired) electrons. The minimum Gasteiger partial charge on any atom is -0.325 e. The van der Waals surface area contributed by atoms with E-state index in [9.17, 15) is 4.39 Å². The highest BCUT2D eigenvalue weighted by Gasteiger charge is 2.55. The van der Waals surface area contributed by atoms with Crippen LogP contribution in [-0.2, 0) is 0 Å². The number of rotatable bonds is 2. The molecule has 4 atom stereocenters. The van der Waals surface area contributed by atoms with E-state index in [0.717, 1.165) is 24.7 Å². The molecule has 4 aliphatic rings. The van der Waals surface area contributed by atoms with Gasteiger partial charge in [-0.2, -0.15) is 0 Å². The standard InChI is InChI=1S/C12H20FN.ClH/c13-2-1-11-4-9-3-10(5-11)7-12(14,6-9)8-11;/h9-10H,1-8,14H2;1H/t9-,10+,11?,12?;. The van der Waals surface area contributed by atoms with Crippen molar-refractivity contribution in [2.24, 2.45) is 23.0 Å². The molecular formula is C12H21ClFN. The summed E-state index contributed by atoms with van der Waals surface area (Å²) >= 11 is 0. The van der Waals surface area contributed by atoms with Crippen molar-refractivity contribution in [3.8, 4) is 0 Å². The van der Waals surface area contributed by atoms with Crippen molar-refractivity contribution < 1.29 is 4.39 Å².